The standard InChI is InChI=1S/C26H21N5O6S/c1-36-23(32)16-37-22-13-6-5-10-18(22)14-21-25(33)30(24(28-21)17-8-3-2-4-9-17)29-26(38)27-19-11-7-12-20(15-19)31(34)35/h2-15H,16H2,1H3,(H2,27,29,38)/b21-14-. The molecule has 0 saturated heterocycles. The quantitative estimate of drug-likeness (QED) is 0.147. The number of amides is 1. The normalized spacial score (nSPS) is 13.6. The number of hydrazine groups is 1. The molecule has 192 valence electrons. The summed E-state index contributed by atoms with van der Waals surface area (Å²) < 4.78 is 10.2. The Hall–Kier alpha value is -5.10. The van der Waals surface area contributed by atoms with Crippen LogP contribution in [0.3, 0.4) is 0 Å². The number of methoxy groups -OCH3 is 1. The van der Waals surface area contributed by atoms with E-state index in [0.717, 1.165) is 0 Å². The Morgan fingerprint density at radius 2 is 1.84 bits per heavy atom. The van der Waals surface area contributed by atoms with Gasteiger partial charge in [0.05, 0.1) is 12.0 Å². The fourth-order valence-corrected chi connectivity index (χ4v) is 3.64. The molecule has 3 aromatic rings. The number of nitrogens with zero attached hydrogens (tertiary/aromatic N) is 3. The third-order valence-electron chi connectivity index (χ3n) is 5.20. The lowest BCUT2D eigenvalue weighted by Gasteiger charge is -2.21. The van der Waals surface area contributed by atoms with Gasteiger partial charge < -0.3 is 14.8 Å². The number of nitrogens with one attached hydrogen (secondary N) is 2. The number of hydrogen-bond donors (Lipinski definition) is 2. The van der Waals surface area contributed by atoms with Gasteiger partial charge in [0.15, 0.2) is 17.6 Å². The van der Waals surface area contributed by atoms with Crippen LogP contribution >= 0.6 is 12.2 Å². The second-order valence-electron chi connectivity index (χ2n) is 7.75. The van der Waals surface area contributed by atoms with Crippen molar-refractivity contribution in [2.24, 2.45) is 4.99 Å². The lowest BCUT2D eigenvalue weighted by Crippen LogP contribution is -2.48. The number of carbonyl (C=O) groups is 2. The Labute approximate surface area is 222 Å². The summed E-state index contributed by atoms with van der Waals surface area (Å²) in [7, 11) is 1.26. The number of thiocarbonyl (C=S) groups is 1. The summed E-state index contributed by atoms with van der Waals surface area (Å²) in [6.45, 7) is -0.297. The first-order valence-corrected chi connectivity index (χ1v) is 11.6. The predicted octanol–water partition coefficient (Wildman–Crippen LogP) is 3.68. The SMILES string of the molecule is COC(=O)COc1ccccc1/C=C1\N=C(c2ccccc2)N(NC(=S)Nc2cccc([N+](=O)[O-])c2)C1=O. The maximum Gasteiger partial charge on any atom is 0.343 e. The Morgan fingerprint density at radius 3 is 2.58 bits per heavy atom. The highest BCUT2D eigenvalue weighted by molar-refractivity contribution is 7.80. The fraction of sp³-hybridized carbons (Fsp3) is 0.0769. The van der Waals surface area contributed by atoms with Crippen molar-refractivity contribution in [3.8, 4) is 5.75 Å². The summed E-state index contributed by atoms with van der Waals surface area (Å²) in [6, 6.07) is 21.7. The molecule has 0 saturated carbocycles. The number of nitro groups is 1. The van der Waals surface area contributed by atoms with Crippen LogP contribution < -0.4 is 15.5 Å². The number of nitro benzene ring substituents is 1. The molecule has 12 heteroatoms. The zero-order chi connectivity index (χ0) is 27.1. The minimum Gasteiger partial charge on any atom is -0.481 e. The van der Waals surface area contributed by atoms with E-state index < -0.39 is 16.8 Å². The molecule has 0 aliphatic carbocycles. The molecule has 0 aromatic heterocycles. The van der Waals surface area contributed by atoms with Crippen LogP contribution in [0.15, 0.2) is 89.6 Å². The summed E-state index contributed by atoms with van der Waals surface area (Å²) in [5, 5.41) is 15.1. The first-order valence-electron chi connectivity index (χ1n) is 11.2. The first kappa shape index (κ1) is 26.0. The molecular formula is C26H21N5O6S. The molecule has 11 nitrogen and oxygen atoms in total. The van der Waals surface area contributed by atoms with Crippen LogP contribution in [0, 0.1) is 10.1 Å². The summed E-state index contributed by atoms with van der Waals surface area (Å²) in [4.78, 5) is 40.1. The van der Waals surface area contributed by atoms with Gasteiger partial charge in [-0.25, -0.2) is 9.79 Å². The van der Waals surface area contributed by atoms with E-state index in [0.29, 0.717) is 22.6 Å². The van der Waals surface area contributed by atoms with Crippen LogP contribution in [0.4, 0.5) is 11.4 Å². The summed E-state index contributed by atoms with van der Waals surface area (Å²) in [6.07, 6.45) is 1.54. The summed E-state index contributed by atoms with van der Waals surface area (Å²) in [5.74, 6) is -0.398. The van der Waals surface area contributed by atoms with Gasteiger partial charge in [0.1, 0.15) is 11.4 Å². The van der Waals surface area contributed by atoms with Crippen LogP contribution in [0.5, 0.6) is 5.75 Å². The largest absolute Gasteiger partial charge is 0.481 e. The van der Waals surface area contributed by atoms with Gasteiger partial charge in [-0.2, -0.15) is 5.01 Å². The number of hydrogen-bond acceptors (Lipinski definition) is 8. The molecule has 1 aliphatic rings. The van der Waals surface area contributed by atoms with Crippen LogP contribution in [0.1, 0.15) is 11.1 Å². The lowest BCUT2D eigenvalue weighted by molar-refractivity contribution is -0.384. The number of benzene rings is 3. The van der Waals surface area contributed by atoms with Crippen molar-refractivity contribution >= 4 is 52.5 Å². The smallest absolute Gasteiger partial charge is 0.343 e. The summed E-state index contributed by atoms with van der Waals surface area (Å²) >= 11 is 5.37. The van der Waals surface area contributed by atoms with E-state index in [-0.39, 0.29) is 28.9 Å². The molecule has 0 fully saturated rings. The third-order valence-corrected chi connectivity index (χ3v) is 5.40. The van der Waals surface area contributed by atoms with E-state index in [4.69, 9.17) is 17.0 Å². The molecule has 0 bridgehead atoms. The van der Waals surface area contributed by atoms with Crippen molar-refractivity contribution in [1.29, 1.82) is 0 Å². The van der Waals surface area contributed by atoms with E-state index in [9.17, 15) is 19.7 Å². The van der Waals surface area contributed by atoms with E-state index >= 15 is 0 Å². The maximum atomic E-state index is 13.4. The van der Waals surface area contributed by atoms with Crippen LogP contribution in [-0.4, -0.2) is 46.5 Å². The zero-order valence-corrected chi connectivity index (χ0v) is 20.8. The number of anilines is 1. The van der Waals surface area contributed by atoms with E-state index in [2.05, 4.69) is 20.5 Å². The van der Waals surface area contributed by atoms with Gasteiger partial charge >= 0.3 is 5.97 Å². The Kier molecular flexibility index (Phi) is 8.04. The number of esters is 1. The van der Waals surface area contributed by atoms with Crippen LogP contribution in [0.25, 0.3) is 6.08 Å². The Balaban J connectivity index is 1.61. The van der Waals surface area contributed by atoms with Crippen LogP contribution in [-0.2, 0) is 14.3 Å². The van der Waals surface area contributed by atoms with Crippen molar-refractivity contribution in [2.45, 2.75) is 0 Å². The average molecular weight is 532 g/mol. The minimum atomic E-state index is -0.547. The number of non-ortho nitro benzene ring substituents is 1. The minimum absolute atomic E-state index is 0.0190. The molecule has 1 amide bonds. The molecule has 1 aliphatic heterocycles. The molecular weight excluding hydrogens is 510 g/mol. The highest BCUT2D eigenvalue weighted by atomic mass is 32.1. The third kappa shape index (κ3) is 6.17. The molecule has 38 heavy (non-hydrogen) atoms. The number of aliphatic imine (C=N–C) groups is 1. The molecule has 2 N–H and O–H groups in total. The topological polar surface area (TPSA) is 135 Å². The molecule has 0 spiro atoms. The first-order chi connectivity index (χ1) is 18.4. The van der Waals surface area contributed by atoms with Gasteiger partial charge in [0, 0.05) is 28.9 Å². The zero-order valence-electron chi connectivity index (χ0n) is 20.0. The molecule has 0 radical (unpaired) electrons. The van der Waals surface area contributed by atoms with Gasteiger partial charge in [0.2, 0.25) is 0 Å². The van der Waals surface area contributed by atoms with Crippen molar-refractivity contribution in [1.82, 2.24) is 10.4 Å². The molecule has 0 unspecified atom stereocenters. The van der Waals surface area contributed by atoms with E-state index in [1.807, 2.05) is 6.07 Å². The molecule has 1 heterocycles. The second kappa shape index (κ2) is 11.8. The van der Waals surface area contributed by atoms with E-state index in [1.165, 1.54) is 36.4 Å². The van der Waals surface area contributed by atoms with Gasteiger partial charge in [-0.05, 0) is 30.4 Å². The molecule has 4 rings (SSSR count). The van der Waals surface area contributed by atoms with Crippen LogP contribution in [0.2, 0.25) is 0 Å². The van der Waals surface area contributed by atoms with Crippen molar-refractivity contribution in [2.75, 3.05) is 19.0 Å². The van der Waals surface area contributed by atoms with Gasteiger partial charge in [-0.15, -0.1) is 0 Å². The Morgan fingerprint density at radius 1 is 1.11 bits per heavy atom. The van der Waals surface area contributed by atoms with Crippen molar-refractivity contribution in [3.63, 3.8) is 0 Å². The maximum absolute atomic E-state index is 13.4. The monoisotopic (exact) mass is 531 g/mol. The number of carbonyl (C=O) groups excluding carboxylic acids is 2. The predicted molar refractivity (Wildman–Crippen MR) is 144 cm³/mol. The van der Waals surface area contributed by atoms with Crippen molar-refractivity contribution < 1.29 is 24.0 Å². The molecule has 3 aromatic carbocycles. The Bertz CT molecular complexity index is 1460. The second-order valence-corrected chi connectivity index (χ2v) is 8.16. The highest BCUT2D eigenvalue weighted by Crippen LogP contribution is 2.26. The average Bonchev–Trinajstić information content (AvgIpc) is 3.22. The number of amidine groups is 1. The van der Waals surface area contributed by atoms with E-state index in [1.54, 1.807) is 54.6 Å². The van der Waals surface area contributed by atoms with Gasteiger partial charge in [-0.3, -0.25) is 20.3 Å². The number of ether oxygens (including phenoxy) is 2. The lowest BCUT2D eigenvalue weighted by atomic mass is 10.1. The number of para-hydroxylation sites is 1. The highest BCUT2D eigenvalue weighted by Gasteiger charge is 2.32. The number of rotatable bonds is 8. The van der Waals surface area contributed by atoms with Crippen molar-refractivity contribution in [3.05, 3.63) is 106 Å². The fourth-order valence-electron chi connectivity index (χ4n) is 3.43. The van der Waals surface area contributed by atoms with Gasteiger partial charge in [-0.1, -0.05) is 54.6 Å². The van der Waals surface area contributed by atoms with Gasteiger partial charge in [0.25, 0.3) is 11.6 Å². The molecule has 0 atom stereocenters. The summed E-state index contributed by atoms with van der Waals surface area (Å²) in [5.41, 5.74) is 4.33.